The average molecular weight is 287 g/mol. The van der Waals surface area contributed by atoms with E-state index in [-0.39, 0.29) is 0 Å². The van der Waals surface area contributed by atoms with Gasteiger partial charge in [0.25, 0.3) is 0 Å². The number of rotatable bonds is 5. The van der Waals surface area contributed by atoms with Crippen molar-refractivity contribution in [1.29, 1.82) is 0 Å². The van der Waals surface area contributed by atoms with Crippen molar-refractivity contribution in [2.24, 2.45) is 0 Å². The molecule has 0 nitrogen and oxygen atoms in total. The summed E-state index contributed by atoms with van der Waals surface area (Å²) < 4.78 is 0. The molecular weight excluding hydrogens is 270 g/mol. The summed E-state index contributed by atoms with van der Waals surface area (Å²) in [5.41, 5.74) is 1.37. The molecule has 3 aromatic carbocycles. The number of benzene rings is 3. The second-order valence-electron chi connectivity index (χ2n) is 4.91. The molecule has 0 fully saturated rings. The fourth-order valence-electron chi connectivity index (χ4n) is 2.35. The molecule has 0 bridgehead atoms. The summed E-state index contributed by atoms with van der Waals surface area (Å²) in [5, 5.41) is 2.82. The zero-order valence-corrected chi connectivity index (χ0v) is 12.8. The van der Waals surface area contributed by atoms with Crippen LogP contribution in [0.15, 0.2) is 91.0 Å². The van der Waals surface area contributed by atoms with E-state index in [4.69, 9.17) is 0 Å². The van der Waals surface area contributed by atoms with Gasteiger partial charge >= 0.3 is 0 Å². The third kappa shape index (κ3) is 3.83. The second kappa shape index (κ2) is 7.25. The summed E-state index contributed by atoms with van der Waals surface area (Å²) in [6, 6.07) is 32.3. The minimum atomic E-state index is -0.400. The maximum Gasteiger partial charge on any atom is 0.163 e. The lowest BCUT2D eigenvalue weighted by Gasteiger charge is -2.18. The Balaban J connectivity index is 1.83. The molecule has 3 rings (SSSR count). The first-order valence-corrected chi connectivity index (χ1v) is 8.61. The first-order chi connectivity index (χ1) is 10.4. The summed E-state index contributed by atoms with van der Waals surface area (Å²) in [5.74, 6) is 0. The second-order valence-corrected chi connectivity index (χ2v) is 7.05. The fraction of sp³-hybridized carbons (Fsp3) is 0.0526. The highest BCUT2D eigenvalue weighted by atomic mass is 31.1. The number of hydrogen-bond donors (Lipinski definition) is 0. The van der Waals surface area contributed by atoms with Crippen LogP contribution in [0.5, 0.6) is 0 Å². The molecule has 21 heavy (non-hydrogen) atoms. The largest absolute Gasteiger partial charge is 0.163 e. The van der Waals surface area contributed by atoms with Crippen molar-refractivity contribution < 1.29 is 0 Å². The van der Waals surface area contributed by atoms with E-state index < -0.39 is 7.80 Å². The molecule has 101 valence electrons. The van der Waals surface area contributed by atoms with E-state index in [0.717, 1.165) is 6.32 Å². The van der Waals surface area contributed by atoms with E-state index in [1.165, 1.54) is 16.2 Å². The molecule has 0 N–H and O–H groups in total. The molecule has 0 aliphatic heterocycles. The van der Waals surface area contributed by atoms with E-state index in [1.54, 1.807) is 0 Å². The van der Waals surface area contributed by atoms with Gasteiger partial charge in [0.15, 0.2) is 7.00 Å². The van der Waals surface area contributed by atoms with Gasteiger partial charge in [-0.3, -0.25) is 0 Å². The van der Waals surface area contributed by atoms with Gasteiger partial charge in [-0.25, -0.2) is 0 Å². The lowest BCUT2D eigenvalue weighted by molar-refractivity contribution is 1.40. The Morgan fingerprint density at radius 1 is 0.571 bits per heavy atom. The van der Waals surface area contributed by atoms with Gasteiger partial charge in [0.2, 0.25) is 0 Å². The van der Waals surface area contributed by atoms with Crippen molar-refractivity contribution in [1.82, 2.24) is 0 Å². The standard InChI is InChI=1S/C19H17BP/c1-4-10-17(11-5-1)16-20-21(18-12-6-2-7-13-18)19-14-8-3-9-15-19/h1-15H,16H2. The molecule has 0 heterocycles. The molecule has 0 amide bonds. The van der Waals surface area contributed by atoms with Crippen LogP contribution in [0.25, 0.3) is 0 Å². The molecule has 3 aromatic rings. The van der Waals surface area contributed by atoms with Crippen LogP contribution < -0.4 is 10.6 Å². The monoisotopic (exact) mass is 287 g/mol. The Morgan fingerprint density at radius 2 is 1.00 bits per heavy atom. The third-order valence-electron chi connectivity index (χ3n) is 3.42. The summed E-state index contributed by atoms with van der Waals surface area (Å²) >= 11 is 0. The van der Waals surface area contributed by atoms with Crippen molar-refractivity contribution in [2.45, 2.75) is 6.32 Å². The molecule has 0 saturated heterocycles. The van der Waals surface area contributed by atoms with E-state index in [1.807, 2.05) is 0 Å². The van der Waals surface area contributed by atoms with Gasteiger partial charge in [-0.2, -0.15) is 0 Å². The zero-order valence-electron chi connectivity index (χ0n) is 11.9. The van der Waals surface area contributed by atoms with Gasteiger partial charge in [0.1, 0.15) is 0 Å². The summed E-state index contributed by atoms with van der Waals surface area (Å²) in [6.07, 6.45) is 1.01. The number of hydrogen-bond acceptors (Lipinski definition) is 0. The first-order valence-electron chi connectivity index (χ1n) is 7.20. The molecule has 0 aliphatic rings. The van der Waals surface area contributed by atoms with Crippen molar-refractivity contribution in [3.05, 3.63) is 96.6 Å². The predicted molar refractivity (Wildman–Crippen MR) is 95.0 cm³/mol. The maximum absolute atomic E-state index is 2.47. The topological polar surface area (TPSA) is 0 Å². The first kappa shape index (κ1) is 14.1. The lowest BCUT2D eigenvalue weighted by Crippen LogP contribution is -2.17. The third-order valence-corrected chi connectivity index (χ3v) is 5.68. The normalized spacial score (nSPS) is 10.5. The van der Waals surface area contributed by atoms with Gasteiger partial charge in [0.05, 0.1) is 0 Å². The van der Waals surface area contributed by atoms with Gasteiger partial charge in [0, 0.05) is 0 Å². The summed E-state index contributed by atoms with van der Waals surface area (Å²) in [6.45, 7) is 2.47. The van der Waals surface area contributed by atoms with Crippen LogP contribution >= 0.6 is 7.80 Å². The Morgan fingerprint density at radius 3 is 1.48 bits per heavy atom. The maximum atomic E-state index is 2.47. The summed E-state index contributed by atoms with van der Waals surface area (Å²) in [4.78, 5) is 0. The molecule has 0 aliphatic carbocycles. The highest BCUT2D eigenvalue weighted by Crippen LogP contribution is 2.32. The minimum Gasteiger partial charge on any atom is -0.0867 e. The fourth-order valence-corrected chi connectivity index (χ4v) is 4.45. The molecule has 0 spiro atoms. The van der Waals surface area contributed by atoms with Crippen LogP contribution in [0, 0.1) is 0 Å². The van der Waals surface area contributed by atoms with E-state index in [9.17, 15) is 0 Å². The molecule has 0 atom stereocenters. The van der Waals surface area contributed by atoms with Crippen molar-refractivity contribution in [2.75, 3.05) is 0 Å². The highest BCUT2D eigenvalue weighted by molar-refractivity contribution is 7.97. The van der Waals surface area contributed by atoms with Crippen LogP contribution in [0.1, 0.15) is 5.56 Å². The van der Waals surface area contributed by atoms with Crippen molar-refractivity contribution >= 4 is 25.4 Å². The van der Waals surface area contributed by atoms with E-state index >= 15 is 0 Å². The van der Waals surface area contributed by atoms with Gasteiger partial charge in [-0.05, 0) is 16.9 Å². The van der Waals surface area contributed by atoms with Crippen molar-refractivity contribution in [3.63, 3.8) is 0 Å². The SMILES string of the molecule is [B](Cc1ccccc1)P(c1ccccc1)c1ccccc1. The van der Waals surface area contributed by atoms with Crippen LogP contribution in [-0.2, 0) is 6.32 Å². The van der Waals surface area contributed by atoms with Crippen molar-refractivity contribution in [3.8, 4) is 0 Å². The summed E-state index contributed by atoms with van der Waals surface area (Å²) in [7, 11) is -0.400. The minimum absolute atomic E-state index is 0.400. The Kier molecular flexibility index (Phi) is 4.87. The highest BCUT2D eigenvalue weighted by Gasteiger charge is 2.14. The van der Waals surface area contributed by atoms with Gasteiger partial charge in [-0.15, -0.1) is 0 Å². The Bertz CT molecular complexity index is 613. The lowest BCUT2D eigenvalue weighted by atomic mass is 9.95. The van der Waals surface area contributed by atoms with E-state index in [2.05, 4.69) is 98.0 Å². The van der Waals surface area contributed by atoms with Crippen LogP contribution in [0.4, 0.5) is 0 Å². The molecular formula is C19H17BP. The smallest absolute Gasteiger partial charge is 0.0867 e. The van der Waals surface area contributed by atoms with E-state index in [0.29, 0.717) is 0 Å². The molecule has 0 aromatic heterocycles. The quantitative estimate of drug-likeness (QED) is 0.492. The Labute approximate surface area is 128 Å². The molecule has 0 unspecified atom stereocenters. The van der Waals surface area contributed by atoms with Gasteiger partial charge < -0.3 is 0 Å². The van der Waals surface area contributed by atoms with Crippen LogP contribution in [0.3, 0.4) is 0 Å². The van der Waals surface area contributed by atoms with Crippen LogP contribution in [-0.4, -0.2) is 7.00 Å². The molecule has 1 radical (unpaired) electrons. The average Bonchev–Trinajstić information content (AvgIpc) is 2.58. The molecule has 2 heteroatoms. The molecule has 0 saturated carbocycles. The van der Waals surface area contributed by atoms with Crippen LogP contribution in [0.2, 0.25) is 0 Å². The zero-order chi connectivity index (χ0) is 14.3. The Hall–Kier alpha value is -1.85. The predicted octanol–water partition coefficient (Wildman–Crippen LogP) is 3.94. The van der Waals surface area contributed by atoms with Gasteiger partial charge in [-0.1, -0.05) is 104 Å².